The molecule has 1 saturated carbocycles. The van der Waals surface area contributed by atoms with Gasteiger partial charge in [-0.1, -0.05) is 6.92 Å². The maximum Gasteiger partial charge on any atom is 0.212 e. The van der Waals surface area contributed by atoms with Crippen LogP contribution >= 0.6 is 0 Å². The van der Waals surface area contributed by atoms with Crippen LogP contribution in [0.25, 0.3) is 0 Å². The van der Waals surface area contributed by atoms with E-state index in [9.17, 15) is 8.42 Å². The Labute approximate surface area is 91.0 Å². The van der Waals surface area contributed by atoms with Crippen LogP contribution < -0.4 is 10.5 Å². The Morgan fingerprint density at radius 2 is 2.20 bits per heavy atom. The van der Waals surface area contributed by atoms with Gasteiger partial charge in [-0.2, -0.15) is 0 Å². The Morgan fingerprint density at radius 3 is 2.60 bits per heavy atom. The lowest BCUT2D eigenvalue weighted by molar-refractivity contribution is 0.542. The second-order valence-corrected chi connectivity index (χ2v) is 5.98. The van der Waals surface area contributed by atoms with Crippen molar-refractivity contribution in [2.75, 3.05) is 5.75 Å². The van der Waals surface area contributed by atoms with E-state index in [0.717, 1.165) is 12.8 Å². The minimum atomic E-state index is -3.18. The van der Waals surface area contributed by atoms with Crippen molar-refractivity contribution >= 4 is 15.9 Å². The molecule has 1 aliphatic rings. The molecule has 0 heterocycles. The highest BCUT2D eigenvalue weighted by Crippen LogP contribution is 2.30. The number of sulfonamides is 1. The normalized spacial score (nSPS) is 18.7. The molecule has 0 aromatic carbocycles. The third-order valence-electron chi connectivity index (χ3n) is 2.46. The largest absolute Gasteiger partial charge is 0.388 e. The van der Waals surface area contributed by atoms with Crippen LogP contribution in [-0.2, 0) is 10.0 Å². The smallest absolute Gasteiger partial charge is 0.212 e. The van der Waals surface area contributed by atoms with Crippen molar-refractivity contribution in [3.8, 4) is 0 Å². The minimum absolute atomic E-state index is 0.0240. The zero-order chi connectivity index (χ0) is 11.5. The summed E-state index contributed by atoms with van der Waals surface area (Å²) in [5.74, 6) is 0.592. The van der Waals surface area contributed by atoms with Crippen molar-refractivity contribution in [2.45, 2.75) is 38.6 Å². The third-order valence-corrected chi connectivity index (χ3v) is 4.06. The first-order valence-corrected chi connectivity index (χ1v) is 6.91. The van der Waals surface area contributed by atoms with Crippen molar-refractivity contribution in [1.29, 1.82) is 5.41 Å². The van der Waals surface area contributed by atoms with E-state index in [1.165, 1.54) is 0 Å². The van der Waals surface area contributed by atoms with Crippen molar-refractivity contribution in [3.05, 3.63) is 0 Å². The van der Waals surface area contributed by atoms with Crippen LogP contribution in [0.15, 0.2) is 0 Å². The summed E-state index contributed by atoms with van der Waals surface area (Å²) in [5.41, 5.74) is 5.25. The molecule has 0 radical (unpaired) electrons. The Hall–Kier alpha value is -0.620. The first-order chi connectivity index (χ1) is 6.93. The Balaban J connectivity index is 2.44. The van der Waals surface area contributed by atoms with Gasteiger partial charge in [-0.25, -0.2) is 13.1 Å². The van der Waals surface area contributed by atoms with Gasteiger partial charge in [-0.3, -0.25) is 5.41 Å². The fraction of sp³-hybridized carbons (Fsp3) is 0.889. The predicted octanol–water partition coefficient (Wildman–Crippen LogP) is 0.420. The summed E-state index contributed by atoms with van der Waals surface area (Å²) < 4.78 is 25.8. The van der Waals surface area contributed by atoms with Gasteiger partial charge in [0.2, 0.25) is 10.0 Å². The molecule has 1 atom stereocenters. The summed E-state index contributed by atoms with van der Waals surface area (Å²) >= 11 is 0. The maximum absolute atomic E-state index is 11.6. The van der Waals surface area contributed by atoms with Crippen molar-refractivity contribution in [3.63, 3.8) is 0 Å². The molecular formula is C9H19N3O2S. The Morgan fingerprint density at radius 1 is 1.60 bits per heavy atom. The highest BCUT2D eigenvalue weighted by molar-refractivity contribution is 7.89. The molecule has 6 heteroatoms. The third kappa shape index (κ3) is 5.13. The van der Waals surface area contributed by atoms with E-state index in [-0.39, 0.29) is 17.6 Å². The molecule has 0 aliphatic heterocycles. The first-order valence-electron chi connectivity index (χ1n) is 5.26. The van der Waals surface area contributed by atoms with Crippen LogP contribution in [0.5, 0.6) is 0 Å². The lowest BCUT2D eigenvalue weighted by Crippen LogP contribution is -2.38. The van der Waals surface area contributed by atoms with E-state index in [2.05, 4.69) is 4.72 Å². The molecule has 1 rings (SSSR count). The summed E-state index contributed by atoms with van der Waals surface area (Å²) in [6, 6.07) is -0.230. The second kappa shape index (κ2) is 4.94. The van der Waals surface area contributed by atoms with Crippen LogP contribution in [-0.4, -0.2) is 26.0 Å². The van der Waals surface area contributed by atoms with Crippen LogP contribution in [0.1, 0.15) is 32.6 Å². The summed E-state index contributed by atoms with van der Waals surface area (Å²) in [4.78, 5) is 0. The number of rotatable bonds is 7. The summed E-state index contributed by atoms with van der Waals surface area (Å²) in [6.07, 6.45) is 2.98. The van der Waals surface area contributed by atoms with E-state index < -0.39 is 10.0 Å². The predicted molar refractivity (Wildman–Crippen MR) is 60.3 cm³/mol. The van der Waals surface area contributed by atoms with Crippen molar-refractivity contribution in [1.82, 2.24) is 4.72 Å². The fourth-order valence-electron chi connectivity index (χ4n) is 1.43. The van der Waals surface area contributed by atoms with Gasteiger partial charge in [0.05, 0.1) is 11.6 Å². The van der Waals surface area contributed by atoms with Crippen LogP contribution in [0.3, 0.4) is 0 Å². The standard InChI is InChI=1S/C9H19N3O2S/c1-2-8(5-9(10)11)12-15(13,14)6-7-3-4-7/h7-8,12H,2-6H2,1H3,(H3,10,11). The molecule has 5 nitrogen and oxygen atoms in total. The number of amidine groups is 1. The highest BCUT2D eigenvalue weighted by Gasteiger charge is 2.29. The molecule has 0 spiro atoms. The van der Waals surface area contributed by atoms with E-state index in [1.807, 2.05) is 6.92 Å². The minimum Gasteiger partial charge on any atom is -0.388 e. The molecular weight excluding hydrogens is 214 g/mol. The molecule has 0 bridgehead atoms. The zero-order valence-corrected chi connectivity index (χ0v) is 9.81. The van der Waals surface area contributed by atoms with Crippen molar-refractivity contribution < 1.29 is 8.42 Å². The zero-order valence-electron chi connectivity index (χ0n) is 8.99. The van der Waals surface area contributed by atoms with Gasteiger partial charge in [0.25, 0.3) is 0 Å². The van der Waals surface area contributed by atoms with Crippen LogP contribution in [0.2, 0.25) is 0 Å². The summed E-state index contributed by atoms with van der Waals surface area (Å²) in [5, 5.41) is 7.13. The average molecular weight is 233 g/mol. The van der Waals surface area contributed by atoms with E-state index in [4.69, 9.17) is 11.1 Å². The maximum atomic E-state index is 11.6. The second-order valence-electron chi connectivity index (χ2n) is 4.18. The van der Waals surface area contributed by atoms with Crippen LogP contribution in [0.4, 0.5) is 0 Å². The monoisotopic (exact) mass is 233 g/mol. The molecule has 0 amide bonds. The fourth-order valence-corrected chi connectivity index (χ4v) is 3.24. The average Bonchev–Trinajstić information content (AvgIpc) is 2.84. The van der Waals surface area contributed by atoms with E-state index in [0.29, 0.717) is 18.8 Å². The molecule has 1 unspecified atom stereocenters. The Bertz CT molecular complexity index is 322. The van der Waals surface area contributed by atoms with Gasteiger partial charge in [0.15, 0.2) is 0 Å². The molecule has 15 heavy (non-hydrogen) atoms. The highest BCUT2D eigenvalue weighted by atomic mass is 32.2. The first kappa shape index (κ1) is 12.4. The quantitative estimate of drug-likeness (QED) is 0.439. The van der Waals surface area contributed by atoms with Gasteiger partial charge < -0.3 is 5.73 Å². The van der Waals surface area contributed by atoms with Gasteiger partial charge in [-0.05, 0) is 25.2 Å². The molecule has 88 valence electrons. The molecule has 1 aliphatic carbocycles. The van der Waals surface area contributed by atoms with Gasteiger partial charge in [0, 0.05) is 12.5 Å². The van der Waals surface area contributed by atoms with Gasteiger partial charge >= 0.3 is 0 Å². The van der Waals surface area contributed by atoms with E-state index in [1.54, 1.807) is 0 Å². The lowest BCUT2D eigenvalue weighted by Gasteiger charge is -2.15. The molecule has 0 saturated heterocycles. The number of nitrogens with two attached hydrogens (primary N) is 1. The number of hydrogen-bond acceptors (Lipinski definition) is 3. The number of nitrogens with one attached hydrogen (secondary N) is 2. The summed E-state index contributed by atoms with van der Waals surface area (Å²) in [7, 11) is -3.18. The SMILES string of the molecule is CCC(CC(=N)N)NS(=O)(=O)CC1CC1. The number of hydrogen-bond donors (Lipinski definition) is 3. The van der Waals surface area contributed by atoms with Gasteiger partial charge in [-0.15, -0.1) is 0 Å². The van der Waals surface area contributed by atoms with Crippen molar-refractivity contribution in [2.24, 2.45) is 11.7 Å². The lowest BCUT2D eigenvalue weighted by atomic mass is 10.1. The molecule has 1 fully saturated rings. The molecule has 0 aromatic heterocycles. The topological polar surface area (TPSA) is 96.0 Å². The Kier molecular flexibility index (Phi) is 4.10. The molecule has 0 aromatic rings. The van der Waals surface area contributed by atoms with Gasteiger partial charge in [0.1, 0.15) is 0 Å². The van der Waals surface area contributed by atoms with Crippen LogP contribution in [0, 0.1) is 11.3 Å². The molecule has 4 N–H and O–H groups in total. The summed E-state index contributed by atoms with van der Waals surface area (Å²) in [6.45, 7) is 1.88. The van der Waals surface area contributed by atoms with E-state index >= 15 is 0 Å².